The number of carbonyl (C=O) groups excluding carboxylic acids is 2. The van der Waals surface area contributed by atoms with E-state index in [4.69, 9.17) is 10.5 Å². The highest BCUT2D eigenvalue weighted by molar-refractivity contribution is 5.92. The van der Waals surface area contributed by atoms with Crippen LogP contribution in [0.15, 0.2) is 30.3 Å². The number of Topliss-reactive ketones (excluding diaryl/α,β-unsaturated/α-hetero) is 1. The van der Waals surface area contributed by atoms with Gasteiger partial charge < -0.3 is 10.5 Å². The third kappa shape index (κ3) is 3.64. The molecule has 0 saturated heterocycles. The van der Waals surface area contributed by atoms with E-state index in [0.717, 1.165) is 5.56 Å². The van der Waals surface area contributed by atoms with Gasteiger partial charge in [0, 0.05) is 5.92 Å². The Labute approximate surface area is 113 Å². The van der Waals surface area contributed by atoms with E-state index >= 15 is 0 Å². The first-order valence-electron chi connectivity index (χ1n) is 6.30. The quantitative estimate of drug-likeness (QED) is 0.810. The van der Waals surface area contributed by atoms with Crippen LogP contribution in [0.25, 0.3) is 0 Å². The van der Waals surface area contributed by atoms with E-state index in [9.17, 15) is 9.59 Å². The van der Waals surface area contributed by atoms with Crippen LogP contribution in [0.4, 0.5) is 0 Å². The average Bonchev–Trinajstić information content (AvgIpc) is 2.38. The first-order valence-corrected chi connectivity index (χ1v) is 6.30. The van der Waals surface area contributed by atoms with Gasteiger partial charge >= 0.3 is 6.47 Å². The van der Waals surface area contributed by atoms with Crippen LogP contribution < -0.4 is 5.73 Å². The Morgan fingerprint density at radius 2 is 1.95 bits per heavy atom. The summed E-state index contributed by atoms with van der Waals surface area (Å²) in [6.45, 7) is 6.56. The second-order valence-electron chi connectivity index (χ2n) is 5.11. The van der Waals surface area contributed by atoms with E-state index in [1.807, 2.05) is 44.2 Å². The Bertz CT molecular complexity index is 430. The molecule has 19 heavy (non-hydrogen) atoms. The van der Waals surface area contributed by atoms with Gasteiger partial charge in [-0.25, -0.2) is 4.79 Å². The number of ether oxygens (including phenoxy) is 1. The minimum Gasteiger partial charge on any atom is -0.443 e. The van der Waals surface area contributed by atoms with Gasteiger partial charge in [0.2, 0.25) is 0 Å². The third-order valence-corrected chi connectivity index (χ3v) is 3.48. The van der Waals surface area contributed by atoms with Crippen molar-refractivity contribution in [2.24, 2.45) is 11.7 Å². The van der Waals surface area contributed by atoms with Gasteiger partial charge in [-0.05, 0) is 18.9 Å². The molecule has 0 aromatic heterocycles. The number of rotatable bonds is 7. The van der Waals surface area contributed by atoms with Gasteiger partial charge in [0.25, 0.3) is 0 Å². The maximum atomic E-state index is 12.4. The van der Waals surface area contributed by atoms with Crippen molar-refractivity contribution in [3.8, 4) is 0 Å². The average molecular weight is 262 g/mol. The van der Waals surface area contributed by atoms with Crippen LogP contribution in [0, 0.1) is 5.92 Å². The second-order valence-corrected chi connectivity index (χ2v) is 5.11. The highest BCUT2D eigenvalue weighted by Crippen LogP contribution is 2.23. The number of carbonyl (C=O) groups is 1. The SMILES string of the molecule is CC(C)C(C)(O[C]=O)C(=O)[C@@H](N)Cc1ccccc1. The maximum absolute atomic E-state index is 12.4. The molecule has 1 aromatic carbocycles. The standard InChI is InChI=1S/C15H20NO3/c1-11(2)15(3,19-10-17)14(18)13(16)9-12-7-5-4-6-8-12/h4-8,11,13H,9,16H2,1-3H3/t13-,15?/m0/s1. The molecule has 0 amide bonds. The van der Waals surface area contributed by atoms with Gasteiger partial charge in [0.15, 0.2) is 11.4 Å². The summed E-state index contributed by atoms with van der Waals surface area (Å²) in [6.07, 6.45) is 0.421. The molecule has 0 aliphatic heterocycles. The Morgan fingerprint density at radius 3 is 2.42 bits per heavy atom. The first kappa shape index (κ1) is 15.4. The minimum atomic E-state index is -1.23. The highest BCUT2D eigenvalue weighted by atomic mass is 16.5. The molecular formula is C15H20NO3. The summed E-state index contributed by atoms with van der Waals surface area (Å²) in [4.78, 5) is 22.8. The molecule has 4 heteroatoms. The van der Waals surface area contributed by atoms with Gasteiger partial charge in [-0.15, -0.1) is 0 Å². The molecule has 4 nitrogen and oxygen atoms in total. The summed E-state index contributed by atoms with van der Waals surface area (Å²) in [6, 6.07) is 8.80. The minimum absolute atomic E-state index is 0.164. The zero-order chi connectivity index (χ0) is 14.5. The van der Waals surface area contributed by atoms with Crippen molar-refractivity contribution in [1.29, 1.82) is 0 Å². The van der Waals surface area contributed by atoms with Crippen molar-refractivity contribution < 1.29 is 14.3 Å². The molecule has 2 N–H and O–H groups in total. The number of benzene rings is 1. The van der Waals surface area contributed by atoms with E-state index in [2.05, 4.69) is 0 Å². The summed E-state index contributed by atoms with van der Waals surface area (Å²) in [7, 11) is 0. The van der Waals surface area contributed by atoms with Crippen molar-refractivity contribution in [3.05, 3.63) is 35.9 Å². The molecule has 0 aliphatic rings. The van der Waals surface area contributed by atoms with Crippen LogP contribution in [0.3, 0.4) is 0 Å². The molecule has 1 radical (unpaired) electrons. The lowest BCUT2D eigenvalue weighted by molar-refractivity contribution is -0.139. The fourth-order valence-electron chi connectivity index (χ4n) is 1.87. The van der Waals surface area contributed by atoms with Gasteiger partial charge in [-0.1, -0.05) is 44.2 Å². The molecule has 103 valence electrons. The smallest absolute Gasteiger partial charge is 0.418 e. The van der Waals surface area contributed by atoms with Crippen molar-refractivity contribution >= 4 is 12.3 Å². The molecule has 1 rings (SSSR count). The van der Waals surface area contributed by atoms with Crippen LogP contribution >= 0.6 is 0 Å². The molecule has 0 saturated carbocycles. The molecule has 2 atom stereocenters. The van der Waals surface area contributed by atoms with Gasteiger partial charge in [0.05, 0.1) is 6.04 Å². The molecule has 0 aliphatic carbocycles. The lowest BCUT2D eigenvalue weighted by Gasteiger charge is -2.31. The molecule has 1 aromatic rings. The molecule has 1 unspecified atom stereocenters. The molecule has 0 spiro atoms. The van der Waals surface area contributed by atoms with Crippen molar-refractivity contribution in [2.75, 3.05) is 0 Å². The van der Waals surface area contributed by atoms with Crippen molar-refractivity contribution in [3.63, 3.8) is 0 Å². The van der Waals surface area contributed by atoms with Crippen LogP contribution in [0.5, 0.6) is 0 Å². The first-order chi connectivity index (χ1) is 8.91. The van der Waals surface area contributed by atoms with Crippen molar-refractivity contribution in [1.82, 2.24) is 0 Å². The summed E-state index contributed by atoms with van der Waals surface area (Å²) in [5, 5.41) is 0. The summed E-state index contributed by atoms with van der Waals surface area (Å²) in [5.41, 5.74) is 5.69. The van der Waals surface area contributed by atoms with Crippen LogP contribution in [-0.2, 0) is 20.7 Å². The molecule has 0 bridgehead atoms. The largest absolute Gasteiger partial charge is 0.443 e. The second kappa shape index (κ2) is 6.48. The molecule has 0 heterocycles. The third-order valence-electron chi connectivity index (χ3n) is 3.48. The number of hydrogen-bond donors (Lipinski definition) is 1. The molecular weight excluding hydrogens is 242 g/mol. The van der Waals surface area contributed by atoms with Crippen LogP contribution in [0.1, 0.15) is 26.3 Å². The van der Waals surface area contributed by atoms with Crippen LogP contribution in [-0.4, -0.2) is 23.9 Å². The Balaban J connectivity index is 2.83. The Morgan fingerprint density at radius 1 is 1.37 bits per heavy atom. The Hall–Kier alpha value is -1.68. The number of ketones is 1. The predicted octanol–water partition coefficient (Wildman–Crippen LogP) is 1.62. The maximum Gasteiger partial charge on any atom is 0.418 e. The van der Waals surface area contributed by atoms with E-state index in [-0.39, 0.29) is 11.7 Å². The normalized spacial score (nSPS) is 15.6. The van der Waals surface area contributed by atoms with Gasteiger partial charge in [0.1, 0.15) is 0 Å². The predicted molar refractivity (Wildman–Crippen MR) is 73.1 cm³/mol. The fraction of sp³-hybridized carbons (Fsp3) is 0.467. The lowest BCUT2D eigenvalue weighted by Crippen LogP contribution is -2.52. The highest BCUT2D eigenvalue weighted by Gasteiger charge is 2.41. The number of hydrogen-bond acceptors (Lipinski definition) is 4. The van der Waals surface area contributed by atoms with Crippen LogP contribution in [0.2, 0.25) is 0 Å². The van der Waals surface area contributed by atoms with Gasteiger partial charge in [-0.3, -0.25) is 4.79 Å². The van der Waals surface area contributed by atoms with E-state index in [1.54, 1.807) is 6.92 Å². The van der Waals surface area contributed by atoms with E-state index in [1.165, 1.54) is 6.47 Å². The number of nitrogens with two attached hydrogens (primary N) is 1. The molecule has 0 fully saturated rings. The summed E-state index contributed by atoms with van der Waals surface area (Å²) in [5.74, 6) is -0.446. The zero-order valence-corrected chi connectivity index (χ0v) is 11.6. The monoisotopic (exact) mass is 262 g/mol. The zero-order valence-electron chi connectivity index (χ0n) is 11.6. The van der Waals surface area contributed by atoms with Crippen molar-refractivity contribution in [2.45, 2.75) is 38.8 Å². The lowest BCUT2D eigenvalue weighted by atomic mass is 9.83. The van der Waals surface area contributed by atoms with Gasteiger partial charge in [-0.2, -0.15) is 0 Å². The topological polar surface area (TPSA) is 69.4 Å². The summed E-state index contributed by atoms with van der Waals surface area (Å²) >= 11 is 0. The van der Waals surface area contributed by atoms with E-state index in [0.29, 0.717) is 6.42 Å². The fourth-order valence-corrected chi connectivity index (χ4v) is 1.87. The Kier molecular flexibility index (Phi) is 5.24. The van der Waals surface area contributed by atoms with E-state index < -0.39 is 11.6 Å². The summed E-state index contributed by atoms with van der Waals surface area (Å²) < 4.78 is 4.88.